The highest BCUT2D eigenvalue weighted by molar-refractivity contribution is 7.26. The normalized spacial score (nSPS) is 11.2. The predicted molar refractivity (Wildman–Crippen MR) is 181 cm³/mol. The maximum Gasteiger partial charge on any atom is 0.0922 e. The van der Waals surface area contributed by atoms with Crippen LogP contribution >= 0.6 is 11.3 Å². The van der Waals surface area contributed by atoms with Gasteiger partial charge in [0.15, 0.2) is 0 Å². The van der Waals surface area contributed by atoms with Gasteiger partial charge in [-0.05, 0) is 72.0 Å². The van der Waals surface area contributed by atoms with E-state index in [1.165, 1.54) is 53.2 Å². The van der Waals surface area contributed by atoms with Gasteiger partial charge in [0, 0.05) is 25.7 Å². The summed E-state index contributed by atoms with van der Waals surface area (Å²) in [5.41, 5.74) is 10.4. The van der Waals surface area contributed by atoms with E-state index >= 15 is 0 Å². The number of para-hydroxylation sites is 2. The number of hydrogen-bond acceptors (Lipinski definition) is 3. The van der Waals surface area contributed by atoms with Gasteiger partial charge in [-0.3, -0.25) is 0 Å². The quantitative estimate of drug-likeness (QED) is 0.211. The number of aromatic nitrogens is 2. The van der Waals surface area contributed by atoms with Gasteiger partial charge in [0.2, 0.25) is 0 Å². The molecule has 0 bridgehead atoms. The lowest BCUT2D eigenvalue weighted by atomic mass is 9.89. The minimum atomic E-state index is 0.942. The Balaban J connectivity index is 0.000000148. The van der Waals surface area contributed by atoms with Gasteiger partial charge in [-0.25, -0.2) is 9.97 Å². The Morgan fingerprint density at radius 1 is 0.524 bits per heavy atom. The third kappa shape index (κ3) is 4.52. The minimum absolute atomic E-state index is 0.942. The Morgan fingerprint density at radius 3 is 1.88 bits per heavy atom. The van der Waals surface area contributed by atoms with Gasteiger partial charge >= 0.3 is 0 Å². The molecule has 0 aliphatic carbocycles. The average Bonchev–Trinajstić information content (AvgIpc) is 3.43. The second kappa shape index (κ2) is 10.8. The van der Waals surface area contributed by atoms with Crippen LogP contribution in [-0.2, 0) is 0 Å². The van der Waals surface area contributed by atoms with Gasteiger partial charge in [-0.2, -0.15) is 0 Å². The molecule has 0 aliphatic rings. The van der Waals surface area contributed by atoms with Gasteiger partial charge in [0.1, 0.15) is 0 Å². The molecular weight excluding hydrogens is 529 g/mol. The Morgan fingerprint density at radius 2 is 1.12 bits per heavy atom. The Bertz CT molecular complexity index is 2230. The Hall–Kier alpha value is -4.86. The number of hydrogen-bond donors (Lipinski definition) is 0. The summed E-state index contributed by atoms with van der Waals surface area (Å²) in [5.74, 6) is 0. The second-order valence-corrected chi connectivity index (χ2v) is 11.7. The first-order chi connectivity index (χ1) is 20.6. The first-order valence-corrected chi connectivity index (χ1v) is 15.1. The molecule has 0 radical (unpaired) electrons. The summed E-state index contributed by atoms with van der Waals surface area (Å²) in [5, 5.41) is 5.49. The van der Waals surface area contributed by atoms with E-state index in [4.69, 9.17) is 0 Å². The zero-order valence-corrected chi connectivity index (χ0v) is 24.7. The standard InChI is InChI=1S/C24H18S.C15H12N2/c1-15-9-3-4-10-17(15)22-16(2)24-23(19-12-6-5-11-18(19)22)20-13-7-8-14-21(20)25-24;1-11-15(12-7-3-2-4-8-12)17-14-10-6-5-9-13(14)16-11/h3-14H,1-2H3;2-10H,1H3. The van der Waals surface area contributed by atoms with E-state index < -0.39 is 0 Å². The third-order valence-electron chi connectivity index (χ3n) is 7.98. The molecule has 0 amide bonds. The molecule has 0 fully saturated rings. The Kier molecular flexibility index (Phi) is 6.73. The molecule has 0 saturated heterocycles. The lowest BCUT2D eigenvalue weighted by molar-refractivity contribution is 1.19. The van der Waals surface area contributed by atoms with E-state index in [2.05, 4.69) is 109 Å². The van der Waals surface area contributed by atoms with Crippen molar-refractivity contribution in [2.24, 2.45) is 0 Å². The van der Waals surface area contributed by atoms with Gasteiger partial charge in [-0.15, -0.1) is 11.3 Å². The molecule has 0 unspecified atom stereocenters. The van der Waals surface area contributed by atoms with Crippen molar-refractivity contribution in [1.29, 1.82) is 0 Å². The molecule has 0 atom stereocenters. The number of rotatable bonds is 2. The first kappa shape index (κ1) is 26.1. The lowest BCUT2D eigenvalue weighted by Gasteiger charge is -2.15. The van der Waals surface area contributed by atoms with Crippen LogP contribution in [0, 0.1) is 20.8 Å². The zero-order chi connectivity index (χ0) is 28.6. The maximum absolute atomic E-state index is 4.68. The minimum Gasteiger partial charge on any atom is -0.249 e. The SMILES string of the molecule is Cc1ccccc1-c1c(C)c2sc3ccccc3c2c2ccccc12.Cc1nc2ccccc2nc1-c1ccccc1. The summed E-state index contributed by atoms with van der Waals surface area (Å²) < 4.78 is 2.78. The van der Waals surface area contributed by atoms with Gasteiger partial charge in [0.05, 0.1) is 22.4 Å². The molecule has 3 heteroatoms. The molecule has 0 spiro atoms. The first-order valence-electron chi connectivity index (χ1n) is 14.3. The Labute approximate surface area is 250 Å². The van der Waals surface area contributed by atoms with Crippen molar-refractivity contribution >= 4 is 53.3 Å². The highest BCUT2D eigenvalue weighted by Crippen LogP contribution is 2.45. The van der Waals surface area contributed by atoms with Crippen molar-refractivity contribution < 1.29 is 0 Å². The summed E-state index contributed by atoms with van der Waals surface area (Å²) in [6, 6.07) is 44.5. The van der Waals surface area contributed by atoms with E-state index in [1.807, 2.05) is 60.7 Å². The lowest BCUT2D eigenvalue weighted by Crippen LogP contribution is -1.93. The summed E-state index contributed by atoms with van der Waals surface area (Å²) in [4.78, 5) is 9.27. The third-order valence-corrected chi connectivity index (χ3v) is 9.27. The van der Waals surface area contributed by atoms with Crippen LogP contribution in [0.3, 0.4) is 0 Å². The number of fused-ring (bicyclic) bond motifs is 6. The van der Waals surface area contributed by atoms with Gasteiger partial charge < -0.3 is 0 Å². The van der Waals surface area contributed by atoms with Crippen LogP contribution in [0.15, 0.2) is 127 Å². The second-order valence-electron chi connectivity index (χ2n) is 10.7. The van der Waals surface area contributed by atoms with Crippen LogP contribution in [0.5, 0.6) is 0 Å². The van der Waals surface area contributed by atoms with Crippen molar-refractivity contribution in [3.63, 3.8) is 0 Å². The van der Waals surface area contributed by atoms with Crippen LogP contribution < -0.4 is 0 Å². The fourth-order valence-corrected chi connectivity index (χ4v) is 7.19. The zero-order valence-electron chi connectivity index (χ0n) is 23.9. The summed E-state index contributed by atoms with van der Waals surface area (Å²) in [6.45, 7) is 6.49. The van der Waals surface area contributed by atoms with Crippen molar-refractivity contribution in [3.8, 4) is 22.4 Å². The van der Waals surface area contributed by atoms with Crippen molar-refractivity contribution in [2.75, 3.05) is 0 Å². The maximum atomic E-state index is 4.68. The van der Waals surface area contributed by atoms with Crippen LogP contribution in [0.25, 0.3) is 64.4 Å². The van der Waals surface area contributed by atoms with Crippen molar-refractivity contribution in [2.45, 2.75) is 20.8 Å². The van der Waals surface area contributed by atoms with E-state index in [0.717, 1.165) is 28.0 Å². The molecule has 2 aromatic heterocycles. The molecule has 0 N–H and O–H groups in total. The molecule has 0 aliphatic heterocycles. The molecular formula is C39H30N2S. The van der Waals surface area contributed by atoms with E-state index in [1.54, 1.807) is 0 Å². The molecule has 42 heavy (non-hydrogen) atoms. The number of benzene rings is 6. The molecule has 0 saturated carbocycles. The highest BCUT2D eigenvalue weighted by Gasteiger charge is 2.17. The van der Waals surface area contributed by atoms with Crippen LogP contribution in [0.1, 0.15) is 16.8 Å². The average molecular weight is 559 g/mol. The molecule has 2 nitrogen and oxygen atoms in total. The summed E-state index contributed by atoms with van der Waals surface area (Å²) in [6.07, 6.45) is 0. The topological polar surface area (TPSA) is 25.8 Å². The molecule has 2 heterocycles. The van der Waals surface area contributed by atoms with E-state index in [0.29, 0.717) is 0 Å². The van der Waals surface area contributed by atoms with E-state index in [9.17, 15) is 0 Å². The molecule has 8 aromatic rings. The van der Waals surface area contributed by atoms with E-state index in [-0.39, 0.29) is 0 Å². The highest BCUT2D eigenvalue weighted by atomic mass is 32.1. The van der Waals surface area contributed by atoms with Crippen molar-refractivity contribution in [1.82, 2.24) is 9.97 Å². The van der Waals surface area contributed by atoms with Crippen LogP contribution in [0.4, 0.5) is 0 Å². The van der Waals surface area contributed by atoms with Crippen molar-refractivity contribution in [3.05, 3.63) is 144 Å². The van der Waals surface area contributed by atoms with Crippen LogP contribution in [-0.4, -0.2) is 9.97 Å². The smallest absolute Gasteiger partial charge is 0.0922 e. The largest absolute Gasteiger partial charge is 0.249 e. The summed E-state index contributed by atoms with van der Waals surface area (Å²) in [7, 11) is 0. The fourth-order valence-electron chi connectivity index (χ4n) is 5.97. The summed E-state index contributed by atoms with van der Waals surface area (Å²) >= 11 is 1.92. The number of nitrogens with zero attached hydrogens (tertiary/aromatic N) is 2. The molecule has 8 rings (SSSR count). The van der Waals surface area contributed by atoms with Gasteiger partial charge in [0.25, 0.3) is 0 Å². The monoisotopic (exact) mass is 558 g/mol. The number of thiophene rings is 1. The molecule has 6 aromatic carbocycles. The fraction of sp³-hybridized carbons (Fsp3) is 0.0769. The molecule has 202 valence electrons. The number of aryl methyl sites for hydroxylation is 3. The van der Waals surface area contributed by atoms with Gasteiger partial charge in [-0.1, -0.05) is 109 Å². The van der Waals surface area contributed by atoms with Crippen LogP contribution in [0.2, 0.25) is 0 Å². The predicted octanol–water partition coefficient (Wildman–Crippen LogP) is 11.1.